The zero-order chi connectivity index (χ0) is 12.8. The molecule has 2 aromatic rings. The molecule has 0 atom stereocenters. The van der Waals surface area contributed by atoms with Gasteiger partial charge in [-0.15, -0.1) is 0 Å². The number of carbonyl (C=O) groups excluding carboxylic acids is 1. The lowest BCUT2D eigenvalue weighted by Crippen LogP contribution is -2.29. The number of hydrazine groups is 1. The zero-order valence-electron chi connectivity index (χ0n) is 10.0. The molecule has 2 aromatic carbocycles. The summed E-state index contributed by atoms with van der Waals surface area (Å²) in [4.78, 5) is 11.0. The fourth-order valence-electron chi connectivity index (χ4n) is 1.63. The van der Waals surface area contributed by atoms with E-state index >= 15 is 0 Å². The summed E-state index contributed by atoms with van der Waals surface area (Å²) in [5.41, 5.74) is 8.18. The van der Waals surface area contributed by atoms with Gasteiger partial charge in [-0.2, -0.15) is 0 Å². The number of ether oxygens (including phenoxy) is 1. The summed E-state index contributed by atoms with van der Waals surface area (Å²) in [5, 5.41) is 0. The highest BCUT2D eigenvalue weighted by Crippen LogP contribution is 2.26. The molecule has 0 saturated heterocycles. The Morgan fingerprint density at radius 3 is 2.39 bits per heavy atom. The van der Waals surface area contributed by atoms with E-state index in [0.717, 1.165) is 16.8 Å². The second-order valence-electron chi connectivity index (χ2n) is 3.65. The Balaban J connectivity index is 2.24. The normalized spacial score (nSPS) is 9.61. The molecule has 2 rings (SSSR count). The molecule has 1 amide bonds. The Morgan fingerprint density at radius 1 is 1.00 bits per heavy atom. The number of hydrogen-bond acceptors (Lipinski definition) is 3. The summed E-state index contributed by atoms with van der Waals surface area (Å²) < 4.78 is 4.50. The van der Waals surface area contributed by atoms with E-state index in [1.54, 1.807) is 0 Å². The van der Waals surface area contributed by atoms with Crippen LogP contribution in [-0.4, -0.2) is 13.2 Å². The van der Waals surface area contributed by atoms with Gasteiger partial charge >= 0.3 is 6.09 Å². The van der Waals surface area contributed by atoms with E-state index < -0.39 is 6.09 Å². The third-order valence-electron chi connectivity index (χ3n) is 2.50. The number of anilines is 1. The lowest BCUT2D eigenvalue weighted by atomic mass is 10.0. The smallest absolute Gasteiger partial charge is 0.425 e. The number of amides is 1. The van der Waals surface area contributed by atoms with E-state index in [1.165, 1.54) is 7.11 Å². The molecule has 92 valence electrons. The van der Waals surface area contributed by atoms with Gasteiger partial charge in [0.25, 0.3) is 0 Å². The van der Waals surface area contributed by atoms with Crippen LogP contribution in [0.3, 0.4) is 0 Å². The largest absolute Gasteiger partial charge is 0.452 e. The number of rotatable bonds is 3. The number of nitrogens with one attached hydrogen (secondary N) is 2. The van der Waals surface area contributed by atoms with E-state index in [-0.39, 0.29) is 0 Å². The first-order valence-electron chi connectivity index (χ1n) is 5.55. The Bertz CT molecular complexity index is 526. The quantitative estimate of drug-likeness (QED) is 0.813. The van der Waals surface area contributed by atoms with Crippen LogP contribution >= 0.6 is 0 Å². The van der Waals surface area contributed by atoms with E-state index in [2.05, 4.69) is 15.6 Å². The molecule has 18 heavy (non-hydrogen) atoms. The molecule has 0 spiro atoms. The lowest BCUT2D eigenvalue weighted by Gasteiger charge is -2.12. The van der Waals surface area contributed by atoms with Gasteiger partial charge in [-0.1, -0.05) is 48.5 Å². The molecule has 2 N–H and O–H groups in total. The standard InChI is InChI=1S/C14H14N2O2/c1-18-14(17)16-15-13-10-6-5-9-12(13)11-7-3-2-4-8-11/h2-10,15H,1H3,(H,16,17). The van der Waals surface area contributed by atoms with Crippen molar-refractivity contribution in [3.05, 3.63) is 54.6 Å². The second kappa shape index (κ2) is 5.72. The van der Waals surface area contributed by atoms with Crippen molar-refractivity contribution in [1.82, 2.24) is 5.43 Å². The Hall–Kier alpha value is -2.49. The molecular weight excluding hydrogens is 228 g/mol. The molecule has 4 nitrogen and oxygen atoms in total. The van der Waals surface area contributed by atoms with E-state index in [0.29, 0.717) is 0 Å². The van der Waals surface area contributed by atoms with Crippen LogP contribution in [0.4, 0.5) is 10.5 Å². The van der Waals surface area contributed by atoms with Gasteiger partial charge in [0, 0.05) is 5.56 Å². The third kappa shape index (κ3) is 2.79. The fraction of sp³-hybridized carbons (Fsp3) is 0.0714. The summed E-state index contributed by atoms with van der Waals surface area (Å²) in [6.45, 7) is 0. The molecule has 0 saturated carbocycles. The second-order valence-corrected chi connectivity index (χ2v) is 3.65. The predicted molar refractivity (Wildman–Crippen MR) is 71.0 cm³/mol. The van der Waals surface area contributed by atoms with Gasteiger partial charge in [0.1, 0.15) is 0 Å². The zero-order valence-corrected chi connectivity index (χ0v) is 10.0. The van der Waals surface area contributed by atoms with Gasteiger partial charge in [0.15, 0.2) is 0 Å². The van der Waals surface area contributed by atoms with Crippen LogP contribution < -0.4 is 10.9 Å². The summed E-state index contributed by atoms with van der Waals surface area (Å²) in [5.74, 6) is 0. The molecule has 0 bridgehead atoms. The monoisotopic (exact) mass is 242 g/mol. The molecule has 4 heteroatoms. The number of para-hydroxylation sites is 1. The SMILES string of the molecule is COC(=O)NNc1ccccc1-c1ccccc1. The van der Waals surface area contributed by atoms with Crippen LogP contribution in [0.25, 0.3) is 11.1 Å². The molecule has 0 fully saturated rings. The maximum Gasteiger partial charge on any atom is 0.425 e. The highest BCUT2D eigenvalue weighted by atomic mass is 16.5. The van der Waals surface area contributed by atoms with Crippen LogP contribution in [0.15, 0.2) is 54.6 Å². The van der Waals surface area contributed by atoms with Gasteiger partial charge in [0.05, 0.1) is 12.8 Å². The highest BCUT2D eigenvalue weighted by Gasteiger charge is 2.04. The molecule has 0 radical (unpaired) electrons. The maximum absolute atomic E-state index is 11.0. The number of benzene rings is 2. The minimum atomic E-state index is -0.530. The first kappa shape index (κ1) is 12.0. The topological polar surface area (TPSA) is 50.4 Å². The minimum Gasteiger partial charge on any atom is -0.452 e. The van der Waals surface area contributed by atoms with Gasteiger partial charge in [-0.05, 0) is 11.6 Å². The van der Waals surface area contributed by atoms with Crippen LogP contribution in [-0.2, 0) is 4.74 Å². The van der Waals surface area contributed by atoms with Crippen LogP contribution in [0, 0.1) is 0 Å². The first-order chi connectivity index (χ1) is 8.81. The van der Waals surface area contributed by atoms with Gasteiger partial charge in [-0.3, -0.25) is 5.43 Å². The predicted octanol–water partition coefficient (Wildman–Crippen LogP) is 3.04. The lowest BCUT2D eigenvalue weighted by molar-refractivity contribution is 0.173. The molecule has 0 aliphatic rings. The number of carbonyl (C=O) groups is 1. The molecular formula is C14H14N2O2. The van der Waals surface area contributed by atoms with Gasteiger partial charge in [0.2, 0.25) is 0 Å². The van der Waals surface area contributed by atoms with Gasteiger partial charge in [-0.25, -0.2) is 10.2 Å². The molecule has 0 heterocycles. The Morgan fingerprint density at radius 2 is 1.67 bits per heavy atom. The van der Waals surface area contributed by atoms with Crippen molar-refractivity contribution in [2.24, 2.45) is 0 Å². The average Bonchev–Trinajstić information content (AvgIpc) is 2.46. The average molecular weight is 242 g/mol. The minimum absolute atomic E-state index is 0.530. The molecule has 0 aliphatic carbocycles. The van der Waals surface area contributed by atoms with Crippen molar-refractivity contribution < 1.29 is 9.53 Å². The fourth-order valence-corrected chi connectivity index (χ4v) is 1.63. The Labute approximate surface area is 106 Å². The number of hydrogen-bond donors (Lipinski definition) is 2. The molecule has 0 unspecified atom stereocenters. The van der Waals surface area contributed by atoms with Crippen molar-refractivity contribution in [1.29, 1.82) is 0 Å². The maximum atomic E-state index is 11.0. The van der Waals surface area contributed by atoms with E-state index in [9.17, 15) is 4.79 Å². The Kier molecular flexibility index (Phi) is 3.81. The van der Waals surface area contributed by atoms with Crippen molar-refractivity contribution in [2.45, 2.75) is 0 Å². The number of methoxy groups -OCH3 is 1. The molecule has 0 aromatic heterocycles. The summed E-state index contributed by atoms with van der Waals surface area (Å²) in [7, 11) is 1.32. The van der Waals surface area contributed by atoms with Crippen LogP contribution in [0.1, 0.15) is 0 Å². The van der Waals surface area contributed by atoms with Crippen molar-refractivity contribution in [3.63, 3.8) is 0 Å². The van der Waals surface area contributed by atoms with E-state index in [1.807, 2.05) is 54.6 Å². The van der Waals surface area contributed by atoms with Crippen molar-refractivity contribution in [3.8, 4) is 11.1 Å². The van der Waals surface area contributed by atoms with Crippen LogP contribution in [0.2, 0.25) is 0 Å². The van der Waals surface area contributed by atoms with Gasteiger partial charge < -0.3 is 4.74 Å². The first-order valence-corrected chi connectivity index (χ1v) is 5.55. The van der Waals surface area contributed by atoms with Crippen LogP contribution in [0.5, 0.6) is 0 Å². The van der Waals surface area contributed by atoms with Crippen molar-refractivity contribution >= 4 is 11.8 Å². The molecule has 0 aliphatic heterocycles. The summed E-state index contributed by atoms with van der Waals surface area (Å²) in [6, 6.07) is 17.7. The van der Waals surface area contributed by atoms with Crippen molar-refractivity contribution in [2.75, 3.05) is 12.5 Å². The summed E-state index contributed by atoms with van der Waals surface area (Å²) >= 11 is 0. The summed E-state index contributed by atoms with van der Waals surface area (Å²) in [6.07, 6.45) is -0.530. The van der Waals surface area contributed by atoms with E-state index in [4.69, 9.17) is 0 Å². The third-order valence-corrected chi connectivity index (χ3v) is 2.50. The highest BCUT2D eigenvalue weighted by molar-refractivity contribution is 5.79.